The van der Waals surface area contributed by atoms with Crippen LogP contribution in [0.2, 0.25) is 4.34 Å². The fourth-order valence-electron chi connectivity index (χ4n) is 2.06. The van der Waals surface area contributed by atoms with Gasteiger partial charge < -0.3 is 5.32 Å². The lowest BCUT2D eigenvalue weighted by Gasteiger charge is -2.06. The smallest absolute Gasteiger partial charge is 0.267 e. The quantitative estimate of drug-likeness (QED) is 0.661. The van der Waals surface area contributed by atoms with Crippen LogP contribution in [0.5, 0.6) is 0 Å². The van der Waals surface area contributed by atoms with Crippen LogP contribution in [0.25, 0.3) is 9.88 Å². The number of thiazole rings is 1. The second kappa shape index (κ2) is 6.39. The molecule has 1 N–H and O–H groups in total. The molecule has 118 valence electrons. The number of thiophene rings is 1. The van der Waals surface area contributed by atoms with Crippen molar-refractivity contribution in [3.8, 4) is 9.88 Å². The van der Waals surface area contributed by atoms with Crippen molar-refractivity contribution < 1.29 is 9.18 Å². The Hall–Kier alpha value is -1.76. The number of carbonyl (C=O) groups excluding carboxylic acids is 1. The first kappa shape index (κ1) is 16.1. The van der Waals surface area contributed by atoms with Crippen LogP contribution in [0.1, 0.15) is 20.9 Å². The molecule has 1 aromatic carbocycles. The van der Waals surface area contributed by atoms with Gasteiger partial charge in [0.25, 0.3) is 5.91 Å². The summed E-state index contributed by atoms with van der Waals surface area (Å²) < 4.78 is 14.4. The molecule has 0 aliphatic rings. The van der Waals surface area contributed by atoms with Crippen molar-refractivity contribution in [3.05, 3.63) is 56.6 Å². The molecule has 0 aliphatic carbocycles. The first-order valence-electron chi connectivity index (χ1n) is 6.74. The lowest BCUT2D eigenvalue weighted by atomic mass is 10.2. The van der Waals surface area contributed by atoms with E-state index >= 15 is 0 Å². The minimum Gasteiger partial charge on any atom is -0.319 e. The molecule has 0 bridgehead atoms. The van der Waals surface area contributed by atoms with E-state index in [2.05, 4.69) is 10.3 Å². The predicted octanol–water partition coefficient (Wildman–Crippen LogP) is 5.53. The molecule has 1 amide bonds. The summed E-state index contributed by atoms with van der Waals surface area (Å²) in [6.45, 7) is 3.60. The second-order valence-corrected chi connectivity index (χ2v) is 7.69. The number of halogens is 2. The van der Waals surface area contributed by atoms with Crippen LogP contribution in [0.4, 0.5) is 10.1 Å². The Balaban J connectivity index is 1.88. The van der Waals surface area contributed by atoms with Gasteiger partial charge in [-0.05, 0) is 43.7 Å². The Bertz CT molecular complexity index is 888. The van der Waals surface area contributed by atoms with E-state index < -0.39 is 5.82 Å². The molecule has 0 spiro atoms. The molecule has 3 nitrogen and oxygen atoms in total. The Morgan fingerprint density at radius 1 is 1.22 bits per heavy atom. The zero-order valence-corrected chi connectivity index (χ0v) is 14.7. The standard InChI is InChI=1S/C16H12ClFN2OS2/c1-8-3-4-10(18)11(7-8)20-15(21)14-9(2)19-16(23-14)12-5-6-13(17)22-12/h3-7H,1-2H3,(H,20,21). The number of rotatable bonds is 3. The molecule has 0 aliphatic heterocycles. The fraction of sp³-hybridized carbons (Fsp3) is 0.125. The summed E-state index contributed by atoms with van der Waals surface area (Å²) in [7, 11) is 0. The number of aromatic nitrogens is 1. The highest BCUT2D eigenvalue weighted by Gasteiger charge is 2.18. The molecule has 0 radical (unpaired) electrons. The Labute approximate surface area is 145 Å². The maximum absolute atomic E-state index is 13.8. The molecule has 23 heavy (non-hydrogen) atoms. The molecule has 0 saturated heterocycles. The van der Waals surface area contributed by atoms with Gasteiger partial charge in [0, 0.05) is 0 Å². The Morgan fingerprint density at radius 2 is 2.00 bits per heavy atom. The number of carbonyl (C=O) groups is 1. The van der Waals surface area contributed by atoms with Gasteiger partial charge in [-0.1, -0.05) is 17.7 Å². The van der Waals surface area contributed by atoms with Gasteiger partial charge in [0.1, 0.15) is 15.7 Å². The van der Waals surface area contributed by atoms with E-state index in [1.165, 1.54) is 28.7 Å². The van der Waals surface area contributed by atoms with Crippen LogP contribution in [-0.2, 0) is 0 Å². The van der Waals surface area contributed by atoms with Crippen molar-refractivity contribution in [2.24, 2.45) is 0 Å². The van der Waals surface area contributed by atoms with Gasteiger partial charge in [0.05, 0.1) is 20.6 Å². The average molecular weight is 367 g/mol. The lowest BCUT2D eigenvalue weighted by molar-refractivity contribution is 0.102. The minimum atomic E-state index is -0.462. The molecular weight excluding hydrogens is 355 g/mol. The van der Waals surface area contributed by atoms with Gasteiger partial charge in [-0.3, -0.25) is 4.79 Å². The molecule has 3 aromatic rings. The number of benzene rings is 1. The molecular formula is C16H12ClFN2OS2. The van der Waals surface area contributed by atoms with E-state index in [9.17, 15) is 9.18 Å². The van der Waals surface area contributed by atoms with Crippen LogP contribution in [-0.4, -0.2) is 10.9 Å². The molecule has 2 heterocycles. The van der Waals surface area contributed by atoms with Crippen LogP contribution in [0.15, 0.2) is 30.3 Å². The molecule has 0 unspecified atom stereocenters. The van der Waals surface area contributed by atoms with Crippen molar-refractivity contribution in [1.29, 1.82) is 0 Å². The predicted molar refractivity (Wildman–Crippen MR) is 94.3 cm³/mol. The highest BCUT2D eigenvalue weighted by molar-refractivity contribution is 7.24. The van der Waals surface area contributed by atoms with Crippen LogP contribution in [0.3, 0.4) is 0 Å². The van der Waals surface area contributed by atoms with Crippen molar-refractivity contribution in [1.82, 2.24) is 4.98 Å². The van der Waals surface area contributed by atoms with Crippen LogP contribution < -0.4 is 5.32 Å². The summed E-state index contributed by atoms with van der Waals surface area (Å²) in [6, 6.07) is 8.25. The van der Waals surface area contributed by atoms with Gasteiger partial charge in [0.15, 0.2) is 0 Å². The van der Waals surface area contributed by atoms with E-state index in [1.54, 1.807) is 25.1 Å². The lowest BCUT2D eigenvalue weighted by Crippen LogP contribution is -2.12. The molecule has 3 rings (SSSR count). The monoisotopic (exact) mass is 366 g/mol. The SMILES string of the molecule is Cc1ccc(F)c(NC(=O)c2sc(-c3ccc(Cl)s3)nc2C)c1. The van der Waals surface area contributed by atoms with E-state index in [4.69, 9.17) is 11.6 Å². The van der Waals surface area contributed by atoms with E-state index in [1.807, 2.05) is 13.0 Å². The van der Waals surface area contributed by atoms with E-state index in [0.29, 0.717) is 14.9 Å². The molecule has 0 atom stereocenters. The van der Waals surface area contributed by atoms with E-state index in [-0.39, 0.29) is 11.6 Å². The number of nitrogens with one attached hydrogen (secondary N) is 1. The number of amides is 1. The molecule has 0 saturated carbocycles. The summed E-state index contributed by atoms with van der Waals surface area (Å²) in [5.74, 6) is -0.824. The third-order valence-corrected chi connectivity index (χ3v) is 5.71. The summed E-state index contributed by atoms with van der Waals surface area (Å²) in [6.07, 6.45) is 0. The third kappa shape index (κ3) is 3.44. The van der Waals surface area contributed by atoms with Crippen LogP contribution >= 0.6 is 34.3 Å². The van der Waals surface area contributed by atoms with Gasteiger partial charge in [-0.25, -0.2) is 9.37 Å². The highest BCUT2D eigenvalue weighted by atomic mass is 35.5. The Kier molecular flexibility index (Phi) is 4.48. The summed E-state index contributed by atoms with van der Waals surface area (Å²) in [5.41, 5.74) is 1.65. The first-order valence-corrected chi connectivity index (χ1v) is 8.76. The zero-order valence-electron chi connectivity index (χ0n) is 12.3. The number of hydrogen-bond donors (Lipinski definition) is 1. The summed E-state index contributed by atoms with van der Waals surface area (Å²) in [4.78, 5) is 18.2. The highest BCUT2D eigenvalue weighted by Crippen LogP contribution is 2.35. The molecule has 2 aromatic heterocycles. The summed E-state index contributed by atoms with van der Waals surface area (Å²) in [5, 5.41) is 3.34. The van der Waals surface area contributed by atoms with Crippen molar-refractivity contribution >= 4 is 45.9 Å². The van der Waals surface area contributed by atoms with Gasteiger partial charge in [0.2, 0.25) is 0 Å². The Morgan fingerprint density at radius 3 is 2.70 bits per heavy atom. The second-order valence-electron chi connectivity index (χ2n) is 4.97. The largest absolute Gasteiger partial charge is 0.319 e. The number of aryl methyl sites for hydroxylation is 2. The number of hydrogen-bond acceptors (Lipinski definition) is 4. The molecule has 7 heteroatoms. The van der Waals surface area contributed by atoms with Crippen molar-refractivity contribution in [3.63, 3.8) is 0 Å². The first-order chi connectivity index (χ1) is 10.9. The van der Waals surface area contributed by atoms with Crippen molar-refractivity contribution in [2.75, 3.05) is 5.32 Å². The fourth-order valence-corrected chi connectivity index (χ4v) is 4.11. The third-order valence-electron chi connectivity index (χ3n) is 3.16. The number of anilines is 1. The molecule has 0 fully saturated rings. The summed E-state index contributed by atoms with van der Waals surface area (Å²) >= 11 is 8.61. The van der Waals surface area contributed by atoms with Crippen molar-refractivity contribution in [2.45, 2.75) is 13.8 Å². The topological polar surface area (TPSA) is 42.0 Å². The normalized spacial score (nSPS) is 10.8. The average Bonchev–Trinajstić information content (AvgIpc) is 3.09. The van der Waals surface area contributed by atoms with Crippen LogP contribution in [0, 0.1) is 19.7 Å². The maximum Gasteiger partial charge on any atom is 0.267 e. The van der Waals surface area contributed by atoms with E-state index in [0.717, 1.165) is 15.4 Å². The van der Waals surface area contributed by atoms with Gasteiger partial charge >= 0.3 is 0 Å². The minimum absolute atomic E-state index is 0.170. The number of nitrogens with zero attached hydrogens (tertiary/aromatic N) is 1. The maximum atomic E-state index is 13.8. The van der Waals surface area contributed by atoms with Gasteiger partial charge in [-0.2, -0.15) is 0 Å². The van der Waals surface area contributed by atoms with Gasteiger partial charge in [-0.15, -0.1) is 22.7 Å². The zero-order chi connectivity index (χ0) is 16.6.